The lowest BCUT2D eigenvalue weighted by Crippen LogP contribution is -2.32. The number of hydrogen-bond donors (Lipinski definition) is 3. The van der Waals surface area contributed by atoms with Crippen molar-refractivity contribution in [2.45, 2.75) is 25.4 Å². The van der Waals surface area contributed by atoms with E-state index in [4.69, 9.17) is 16.3 Å². The number of aliphatic hydroxyl groups excluding tert-OH is 1. The number of anilines is 1. The number of nitrogens with zero attached hydrogens (tertiary/aromatic N) is 3. The molecule has 1 aliphatic heterocycles. The molecule has 0 aliphatic carbocycles. The number of halogens is 1. The van der Waals surface area contributed by atoms with Gasteiger partial charge in [-0.1, -0.05) is 36.7 Å². The first-order valence-corrected chi connectivity index (χ1v) is 12.0. The summed E-state index contributed by atoms with van der Waals surface area (Å²) in [5.41, 5.74) is 1.36. The van der Waals surface area contributed by atoms with Gasteiger partial charge >= 0.3 is 0 Å². The Morgan fingerprint density at radius 3 is 2.74 bits per heavy atom. The summed E-state index contributed by atoms with van der Waals surface area (Å²) >= 11 is 6.51. The van der Waals surface area contributed by atoms with Gasteiger partial charge in [0.1, 0.15) is 29.3 Å². The Kier molecular flexibility index (Phi) is 6.68. The average molecular weight is 492 g/mol. The standard InChI is InChI=1S/C26H26ClN5O3/c1-2-32-13-16(10-17(32)14-33)31-26-23-21(12-28-25(23)29-15-30-26)24(34)20-9-8-19(11-22(20)27)35-18-6-4-3-5-7-18/h3-9,11-12,15-17,33H,2,10,13-14H2,1H3,(H2,28,29,30,31). The van der Waals surface area contributed by atoms with Crippen LogP contribution >= 0.6 is 11.6 Å². The summed E-state index contributed by atoms with van der Waals surface area (Å²) in [4.78, 5) is 27.6. The van der Waals surface area contributed by atoms with Gasteiger partial charge < -0.3 is 20.1 Å². The third-order valence-corrected chi connectivity index (χ3v) is 6.68. The van der Waals surface area contributed by atoms with E-state index in [0.717, 1.165) is 19.5 Å². The number of likely N-dealkylation sites (N-methyl/N-ethyl adjacent to an activating group) is 1. The lowest BCUT2D eigenvalue weighted by molar-refractivity contribution is 0.104. The summed E-state index contributed by atoms with van der Waals surface area (Å²) in [5, 5.41) is 14.1. The number of H-pyrrole nitrogens is 1. The molecular weight excluding hydrogens is 466 g/mol. The van der Waals surface area contributed by atoms with Crippen molar-refractivity contribution in [3.05, 3.63) is 77.2 Å². The lowest BCUT2D eigenvalue weighted by atomic mass is 10.0. The van der Waals surface area contributed by atoms with Gasteiger partial charge in [0.2, 0.25) is 0 Å². The number of aliphatic hydroxyl groups is 1. The first-order chi connectivity index (χ1) is 17.1. The number of para-hydroxylation sites is 1. The Bertz CT molecular complexity index is 1330. The van der Waals surface area contributed by atoms with Crippen LogP contribution in [0.15, 0.2) is 61.1 Å². The highest BCUT2D eigenvalue weighted by atomic mass is 35.5. The van der Waals surface area contributed by atoms with E-state index in [1.165, 1.54) is 6.33 Å². The summed E-state index contributed by atoms with van der Waals surface area (Å²) in [5.74, 6) is 1.58. The lowest BCUT2D eigenvalue weighted by Gasteiger charge is -2.19. The molecule has 1 saturated heterocycles. The van der Waals surface area contributed by atoms with Crippen LogP contribution in [-0.4, -0.2) is 62.5 Å². The third-order valence-electron chi connectivity index (χ3n) is 6.36. The van der Waals surface area contributed by atoms with Gasteiger partial charge in [-0.05, 0) is 37.2 Å². The molecule has 5 rings (SSSR count). The van der Waals surface area contributed by atoms with Crippen molar-refractivity contribution in [3.63, 3.8) is 0 Å². The smallest absolute Gasteiger partial charge is 0.196 e. The number of benzene rings is 2. The summed E-state index contributed by atoms with van der Waals surface area (Å²) < 4.78 is 5.83. The fraction of sp³-hybridized carbons (Fsp3) is 0.269. The molecule has 3 heterocycles. The highest BCUT2D eigenvalue weighted by molar-refractivity contribution is 6.35. The molecule has 1 fully saturated rings. The van der Waals surface area contributed by atoms with Crippen LogP contribution in [0.4, 0.5) is 5.82 Å². The summed E-state index contributed by atoms with van der Waals surface area (Å²) in [6.45, 7) is 3.84. The number of carbonyl (C=O) groups excluding carboxylic acids is 1. The Labute approximate surface area is 207 Å². The number of aromatic nitrogens is 3. The van der Waals surface area contributed by atoms with E-state index < -0.39 is 0 Å². The Hall–Kier alpha value is -3.46. The molecule has 0 radical (unpaired) electrons. The maximum absolute atomic E-state index is 13.5. The molecule has 0 bridgehead atoms. The second kappa shape index (κ2) is 10.0. The van der Waals surface area contributed by atoms with Gasteiger partial charge in [-0.2, -0.15) is 0 Å². The SMILES string of the molecule is CCN1CC(Nc2ncnc3[nH]cc(C(=O)c4ccc(Oc5ccccc5)cc4Cl)c23)CC1CO. The summed E-state index contributed by atoms with van der Waals surface area (Å²) in [6, 6.07) is 14.6. The maximum Gasteiger partial charge on any atom is 0.196 e. The molecule has 35 heavy (non-hydrogen) atoms. The van der Waals surface area contributed by atoms with Crippen LogP contribution in [0.5, 0.6) is 11.5 Å². The molecule has 8 nitrogen and oxygen atoms in total. The van der Waals surface area contributed by atoms with Gasteiger partial charge in [-0.15, -0.1) is 0 Å². The van der Waals surface area contributed by atoms with Gasteiger partial charge in [0.05, 0.1) is 22.6 Å². The fourth-order valence-corrected chi connectivity index (χ4v) is 4.88. The fourth-order valence-electron chi connectivity index (χ4n) is 4.62. The minimum Gasteiger partial charge on any atom is -0.457 e. The number of rotatable bonds is 8. The molecule has 1 aliphatic rings. The molecule has 0 spiro atoms. The summed E-state index contributed by atoms with van der Waals surface area (Å²) in [7, 11) is 0. The van der Waals surface area contributed by atoms with Crippen molar-refractivity contribution in [1.82, 2.24) is 19.9 Å². The van der Waals surface area contributed by atoms with E-state index in [-0.39, 0.29) is 24.5 Å². The zero-order valence-electron chi connectivity index (χ0n) is 19.2. The second-order valence-corrected chi connectivity index (χ2v) is 8.94. The molecule has 2 unspecified atom stereocenters. The van der Waals surface area contributed by atoms with Crippen LogP contribution in [-0.2, 0) is 0 Å². The Morgan fingerprint density at radius 1 is 1.20 bits per heavy atom. The van der Waals surface area contributed by atoms with Crippen molar-refractivity contribution >= 4 is 34.2 Å². The molecule has 4 aromatic rings. The molecule has 9 heteroatoms. The van der Waals surface area contributed by atoms with Crippen LogP contribution in [0.25, 0.3) is 11.0 Å². The number of ether oxygens (including phenoxy) is 1. The molecule has 0 amide bonds. The van der Waals surface area contributed by atoms with Gasteiger partial charge in [0, 0.05) is 36.5 Å². The average Bonchev–Trinajstić information content (AvgIpc) is 3.49. The van der Waals surface area contributed by atoms with E-state index in [2.05, 4.69) is 32.1 Å². The van der Waals surface area contributed by atoms with Gasteiger partial charge in [-0.25, -0.2) is 9.97 Å². The quantitative estimate of drug-likeness (QED) is 0.312. The van der Waals surface area contributed by atoms with E-state index in [1.807, 2.05) is 30.3 Å². The van der Waals surface area contributed by atoms with Crippen molar-refractivity contribution < 1.29 is 14.6 Å². The van der Waals surface area contributed by atoms with Crippen molar-refractivity contribution in [1.29, 1.82) is 0 Å². The molecule has 2 aromatic carbocycles. The van der Waals surface area contributed by atoms with Gasteiger partial charge in [0.25, 0.3) is 0 Å². The van der Waals surface area contributed by atoms with E-state index in [1.54, 1.807) is 24.4 Å². The molecule has 3 N–H and O–H groups in total. The number of nitrogens with one attached hydrogen (secondary N) is 2. The van der Waals surface area contributed by atoms with Crippen molar-refractivity contribution in [3.8, 4) is 11.5 Å². The predicted octanol–water partition coefficient (Wildman–Crippen LogP) is 4.50. The molecule has 180 valence electrons. The van der Waals surface area contributed by atoms with Crippen LogP contribution < -0.4 is 10.1 Å². The van der Waals surface area contributed by atoms with E-state index in [0.29, 0.717) is 44.5 Å². The zero-order chi connectivity index (χ0) is 24.4. The largest absolute Gasteiger partial charge is 0.457 e. The number of likely N-dealkylation sites (tertiary alicyclic amines) is 1. The number of aromatic amines is 1. The predicted molar refractivity (Wildman–Crippen MR) is 135 cm³/mol. The second-order valence-electron chi connectivity index (χ2n) is 8.54. The number of hydrogen-bond acceptors (Lipinski definition) is 7. The normalized spacial score (nSPS) is 18.1. The third kappa shape index (κ3) is 4.73. The number of fused-ring (bicyclic) bond motifs is 1. The molecule has 0 saturated carbocycles. The summed E-state index contributed by atoms with van der Waals surface area (Å²) in [6.07, 6.45) is 3.90. The van der Waals surface area contributed by atoms with E-state index >= 15 is 0 Å². The topological polar surface area (TPSA) is 103 Å². The highest BCUT2D eigenvalue weighted by Crippen LogP contribution is 2.32. The van der Waals surface area contributed by atoms with Crippen LogP contribution in [0, 0.1) is 0 Å². The van der Waals surface area contributed by atoms with Crippen LogP contribution in [0.3, 0.4) is 0 Å². The minimum atomic E-state index is -0.236. The zero-order valence-corrected chi connectivity index (χ0v) is 20.0. The number of ketones is 1. The van der Waals surface area contributed by atoms with E-state index in [9.17, 15) is 9.90 Å². The maximum atomic E-state index is 13.5. The highest BCUT2D eigenvalue weighted by Gasteiger charge is 2.31. The minimum absolute atomic E-state index is 0.0982. The monoisotopic (exact) mass is 491 g/mol. The van der Waals surface area contributed by atoms with Crippen LogP contribution in [0.1, 0.15) is 29.3 Å². The van der Waals surface area contributed by atoms with Crippen molar-refractivity contribution in [2.24, 2.45) is 0 Å². The first-order valence-electron chi connectivity index (χ1n) is 11.6. The first kappa shape index (κ1) is 23.3. The van der Waals surface area contributed by atoms with Gasteiger partial charge in [-0.3, -0.25) is 9.69 Å². The van der Waals surface area contributed by atoms with Crippen LogP contribution in [0.2, 0.25) is 5.02 Å². The molecule has 2 aromatic heterocycles. The van der Waals surface area contributed by atoms with Gasteiger partial charge in [0.15, 0.2) is 5.78 Å². The number of carbonyl (C=O) groups is 1. The Balaban J connectivity index is 1.42. The molecular formula is C26H26ClN5O3. The Morgan fingerprint density at radius 2 is 2.03 bits per heavy atom. The van der Waals surface area contributed by atoms with Crippen molar-refractivity contribution in [2.75, 3.05) is 25.0 Å². The molecule has 2 atom stereocenters.